The predicted molar refractivity (Wildman–Crippen MR) is 39.8 cm³/mol. The summed E-state index contributed by atoms with van der Waals surface area (Å²) in [5, 5.41) is 9.16. The number of hydrogen-bond donors (Lipinski definition) is 1. The summed E-state index contributed by atoms with van der Waals surface area (Å²) in [5.41, 5.74) is 0.160. The van der Waals surface area contributed by atoms with Crippen molar-refractivity contribution in [2.75, 3.05) is 0 Å². The van der Waals surface area contributed by atoms with Crippen LogP contribution in [0.15, 0.2) is 0 Å². The third-order valence-corrected chi connectivity index (χ3v) is 2.17. The smallest absolute Gasteiger partial charge is 1.00 e. The number of aliphatic hydroxyl groups excluding tert-OH is 1. The van der Waals surface area contributed by atoms with E-state index >= 15 is 0 Å². The Bertz CT molecular complexity index is 159. The fourth-order valence-electron chi connectivity index (χ4n) is 1.37. The van der Waals surface area contributed by atoms with Crippen LogP contribution in [-0.2, 0) is 4.79 Å². The number of hydrogen-bond acceptors (Lipinski definition) is 2. The Balaban J connectivity index is 0. The van der Waals surface area contributed by atoms with Gasteiger partial charge in [-0.15, -0.1) is 0 Å². The first-order chi connectivity index (χ1) is 4.51. The third-order valence-electron chi connectivity index (χ3n) is 2.17. The quantitative estimate of drug-likeness (QED) is 0.433. The van der Waals surface area contributed by atoms with Gasteiger partial charge in [0.05, 0.1) is 0 Å². The molecule has 0 saturated heterocycles. The van der Waals surface area contributed by atoms with Crippen molar-refractivity contribution in [3.63, 3.8) is 0 Å². The maximum Gasteiger partial charge on any atom is 1.00 e. The van der Waals surface area contributed by atoms with E-state index in [9.17, 15) is 4.79 Å². The first kappa shape index (κ1) is 11.6. The van der Waals surface area contributed by atoms with E-state index in [1.807, 2.05) is 0 Å². The van der Waals surface area contributed by atoms with Crippen LogP contribution >= 0.6 is 0 Å². The van der Waals surface area contributed by atoms with E-state index in [1.165, 1.54) is 0 Å². The number of Topliss-reactive ketones (excluding diaryl/α,β-unsaturated/α-hetero) is 1. The summed E-state index contributed by atoms with van der Waals surface area (Å²) in [6, 6.07) is 0. The summed E-state index contributed by atoms with van der Waals surface area (Å²) >= 11 is 0. The fraction of sp³-hybridized carbons (Fsp3) is 0.875. The first-order valence-electron chi connectivity index (χ1n) is 3.72. The molecular weight excluding hydrogens is 151 g/mol. The zero-order valence-electron chi connectivity index (χ0n) is 8.55. The molecule has 11 heavy (non-hydrogen) atoms. The molecule has 1 fully saturated rings. The van der Waals surface area contributed by atoms with E-state index in [-0.39, 0.29) is 42.2 Å². The van der Waals surface area contributed by atoms with Crippen LogP contribution in [0.3, 0.4) is 0 Å². The third kappa shape index (κ3) is 3.24. The van der Waals surface area contributed by atoms with Crippen LogP contribution in [-0.4, -0.2) is 17.0 Å². The number of rotatable bonds is 0. The van der Waals surface area contributed by atoms with E-state index in [1.54, 1.807) is 0 Å². The van der Waals surface area contributed by atoms with Crippen LogP contribution in [0.5, 0.6) is 0 Å². The number of aliphatic hydroxyl groups is 1. The van der Waals surface area contributed by atoms with Gasteiger partial charge < -0.3 is 6.53 Å². The van der Waals surface area contributed by atoms with Crippen molar-refractivity contribution in [1.29, 1.82) is 0 Å². The Morgan fingerprint density at radius 3 is 2.55 bits per heavy atom. The van der Waals surface area contributed by atoms with Gasteiger partial charge >= 0.3 is 29.6 Å². The molecule has 2 nitrogen and oxygen atoms in total. The molecule has 0 aromatic heterocycles. The molecule has 1 atom stereocenters. The Hall–Kier alpha value is 0.630. The normalized spacial score (nSPS) is 29.4. The summed E-state index contributed by atoms with van der Waals surface area (Å²) in [7, 11) is 0. The molecule has 1 saturated carbocycles. The summed E-state index contributed by atoms with van der Waals surface area (Å²) in [4.78, 5) is 10.8. The first-order valence-corrected chi connectivity index (χ1v) is 3.72. The van der Waals surface area contributed by atoms with Crippen LogP contribution in [0.1, 0.15) is 34.5 Å². The van der Waals surface area contributed by atoms with E-state index in [4.69, 9.17) is 5.11 Å². The topological polar surface area (TPSA) is 37.3 Å². The molecule has 60 valence electrons. The number of ketones is 1. The van der Waals surface area contributed by atoms with Gasteiger partial charge in [0.2, 0.25) is 0 Å². The van der Waals surface area contributed by atoms with Crippen molar-refractivity contribution in [3.8, 4) is 0 Å². The number of carbonyl (C=O) groups is 1. The van der Waals surface area contributed by atoms with Crippen LogP contribution in [0, 0.1) is 5.41 Å². The average molecular weight is 166 g/mol. The Labute approximate surface area is 91.1 Å². The zero-order valence-corrected chi connectivity index (χ0v) is 9.55. The van der Waals surface area contributed by atoms with Crippen LogP contribution in [0.4, 0.5) is 0 Å². The fourth-order valence-corrected chi connectivity index (χ4v) is 1.37. The summed E-state index contributed by atoms with van der Waals surface area (Å²) in [5.74, 6) is 0.0133. The molecule has 0 aromatic carbocycles. The van der Waals surface area contributed by atoms with Gasteiger partial charge in [0.1, 0.15) is 6.10 Å². The second kappa shape index (κ2) is 4.04. The standard InChI is InChI=1S/C8H14O2.Na.H/c1-8(2)4-3-6(9)7(10)5-8;;/h7,10H,3-5H2,1-2H3;;/q;+1;-1. The molecule has 1 rings (SSSR count). The van der Waals surface area contributed by atoms with Gasteiger partial charge in [-0.1, -0.05) is 13.8 Å². The molecule has 0 heterocycles. The molecule has 0 amide bonds. The molecule has 1 aliphatic carbocycles. The minimum absolute atomic E-state index is 0. The maximum atomic E-state index is 10.8. The van der Waals surface area contributed by atoms with Gasteiger partial charge in [0, 0.05) is 6.42 Å². The minimum Gasteiger partial charge on any atom is -1.00 e. The van der Waals surface area contributed by atoms with Crippen molar-refractivity contribution < 1.29 is 40.9 Å². The monoisotopic (exact) mass is 166 g/mol. The van der Waals surface area contributed by atoms with Crippen LogP contribution in [0.25, 0.3) is 0 Å². The molecule has 3 heteroatoms. The van der Waals surface area contributed by atoms with Gasteiger partial charge in [-0.2, -0.15) is 0 Å². The van der Waals surface area contributed by atoms with E-state index in [2.05, 4.69) is 13.8 Å². The second-order valence-corrected chi connectivity index (χ2v) is 3.85. The van der Waals surface area contributed by atoms with E-state index in [0.29, 0.717) is 12.8 Å². The zero-order chi connectivity index (χ0) is 7.78. The second-order valence-electron chi connectivity index (χ2n) is 3.85. The van der Waals surface area contributed by atoms with Crippen molar-refractivity contribution in [3.05, 3.63) is 0 Å². The van der Waals surface area contributed by atoms with Gasteiger partial charge in [0.25, 0.3) is 0 Å². The SMILES string of the molecule is CC1(C)CCC(=O)C(O)C1.[H-].[Na+]. The molecule has 1 aliphatic rings. The summed E-state index contributed by atoms with van der Waals surface area (Å²) in [6.45, 7) is 4.17. The summed E-state index contributed by atoms with van der Waals surface area (Å²) in [6.07, 6.45) is 1.41. The van der Waals surface area contributed by atoms with Gasteiger partial charge in [-0.25, -0.2) is 0 Å². The Morgan fingerprint density at radius 1 is 1.64 bits per heavy atom. The van der Waals surface area contributed by atoms with Crippen molar-refractivity contribution in [2.45, 2.75) is 39.2 Å². The van der Waals surface area contributed by atoms with Gasteiger partial charge in [-0.05, 0) is 18.3 Å². The molecule has 1 unspecified atom stereocenters. The van der Waals surface area contributed by atoms with E-state index in [0.717, 1.165) is 6.42 Å². The van der Waals surface area contributed by atoms with Crippen molar-refractivity contribution in [1.82, 2.24) is 0 Å². The molecule has 1 N–H and O–H groups in total. The summed E-state index contributed by atoms with van der Waals surface area (Å²) < 4.78 is 0. The largest absolute Gasteiger partial charge is 1.00 e. The minimum atomic E-state index is -0.691. The Morgan fingerprint density at radius 2 is 2.18 bits per heavy atom. The van der Waals surface area contributed by atoms with Gasteiger partial charge in [-0.3, -0.25) is 4.79 Å². The average Bonchev–Trinajstić information content (AvgIpc) is 1.79. The van der Waals surface area contributed by atoms with Gasteiger partial charge in [0.15, 0.2) is 5.78 Å². The Kier molecular flexibility index (Phi) is 4.27. The molecule has 0 spiro atoms. The van der Waals surface area contributed by atoms with Crippen molar-refractivity contribution in [2.24, 2.45) is 5.41 Å². The predicted octanol–water partition coefficient (Wildman–Crippen LogP) is -1.76. The molecule has 0 aromatic rings. The molecular formula is C8H15NaO2. The van der Waals surface area contributed by atoms with Crippen LogP contribution < -0.4 is 29.6 Å². The molecule has 0 bridgehead atoms. The maximum absolute atomic E-state index is 10.8. The van der Waals surface area contributed by atoms with Crippen LogP contribution in [0.2, 0.25) is 0 Å². The molecule has 0 aliphatic heterocycles. The molecule has 0 radical (unpaired) electrons. The number of carbonyl (C=O) groups excluding carboxylic acids is 1. The van der Waals surface area contributed by atoms with Crippen molar-refractivity contribution >= 4 is 5.78 Å². The van der Waals surface area contributed by atoms with E-state index < -0.39 is 6.10 Å².